The molecule has 0 aliphatic heterocycles. The van der Waals surface area contributed by atoms with Gasteiger partial charge in [0.2, 0.25) is 0 Å². The van der Waals surface area contributed by atoms with Crippen LogP contribution in [0.5, 0.6) is 0 Å². The number of halogens is 12. The summed E-state index contributed by atoms with van der Waals surface area (Å²) in [6, 6.07) is 23.3. The number of thiazole rings is 4. The molecular weight excluding hydrogens is 1450 g/mol. The minimum atomic E-state index is -6.09. The zero-order valence-electron chi connectivity index (χ0n) is 41.3. The predicted octanol–water partition coefficient (Wildman–Crippen LogP) is 8.70. The van der Waals surface area contributed by atoms with E-state index >= 15 is 0 Å². The summed E-state index contributed by atoms with van der Waals surface area (Å²) in [6.45, 7) is 3.03. The van der Waals surface area contributed by atoms with Crippen LogP contribution in [0.25, 0.3) is 45.6 Å². The summed E-state index contributed by atoms with van der Waals surface area (Å²) in [6.07, 6.45) is 7.11. The summed E-state index contributed by atoms with van der Waals surface area (Å²) in [5, 5.41) is 24.9. The Balaban J connectivity index is 0.000000570. The van der Waals surface area contributed by atoms with Gasteiger partial charge in [0.1, 0.15) is 22.8 Å². The Bertz CT molecular complexity index is 3250. The monoisotopic (exact) mass is 1480 g/mol. The number of hydrogen-bond donors (Lipinski definition) is 4. The van der Waals surface area contributed by atoms with Crippen LogP contribution in [0.1, 0.15) is 0 Å². The molecule has 0 aromatic carbocycles. The van der Waals surface area contributed by atoms with Gasteiger partial charge in [-0.25, -0.2) is 53.6 Å². The van der Waals surface area contributed by atoms with E-state index in [1.165, 1.54) is 0 Å². The number of nitrogens with zero attached hydrogens (tertiary/aromatic N) is 8. The molecule has 4 N–H and O–H groups in total. The summed E-state index contributed by atoms with van der Waals surface area (Å²) >= 11 is 6.32. The quantitative estimate of drug-likeness (QED) is 0.0260. The summed E-state index contributed by atoms with van der Waals surface area (Å²) in [5.74, 6) is 0. The fourth-order valence-corrected chi connectivity index (χ4v) is 7.56. The van der Waals surface area contributed by atoms with Crippen molar-refractivity contribution in [1.82, 2.24) is 39.9 Å². The Morgan fingerprint density at radius 3 is 0.616 bits per heavy atom. The fourth-order valence-electron chi connectivity index (χ4n) is 4.63. The Hall–Kier alpha value is -5.84. The van der Waals surface area contributed by atoms with Crippen LogP contribution in [-0.2, 0) is 74.6 Å². The summed E-state index contributed by atoms with van der Waals surface area (Å²) < 4.78 is 236. The maximum absolute atomic E-state index is 10.7. The molecule has 0 spiro atoms. The van der Waals surface area contributed by atoms with Gasteiger partial charge in [-0.2, -0.15) is 52.7 Å². The normalized spacial score (nSPS) is 11.6. The molecule has 478 valence electrons. The molecule has 0 fully saturated rings. The van der Waals surface area contributed by atoms with Gasteiger partial charge in [0, 0.05) is 72.5 Å². The molecule has 8 heterocycles. The molecule has 8 aromatic heterocycles. The van der Waals surface area contributed by atoms with E-state index in [9.17, 15) is 52.7 Å². The molecule has 46 heteroatoms. The number of rotatable bonds is 14. The molecule has 0 amide bonds. The third-order valence-corrected chi connectivity index (χ3v) is 13.7. The third kappa shape index (κ3) is 28.3. The van der Waals surface area contributed by atoms with Crippen LogP contribution < -0.4 is 21.3 Å². The molecule has 86 heavy (non-hydrogen) atoms. The van der Waals surface area contributed by atoms with Crippen LogP contribution in [0.3, 0.4) is 0 Å². The average molecular weight is 1480 g/mol. The number of aromatic nitrogens is 8. The van der Waals surface area contributed by atoms with Crippen LogP contribution in [-0.4, -0.2) is 140 Å². The summed E-state index contributed by atoms with van der Waals surface area (Å²) in [7, 11) is -24.4. The van der Waals surface area contributed by atoms with Crippen LogP contribution in [0.4, 0.5) is 73.2 Å². The average Bonchev–Trinajstić information content (AvgIpc) is 4.36. The maximum Gasteiger partial charge on any atom is 2.00 e. The van der Waals surface area contributed by atoms with Gasteiger partial charge in [-0.05, 0) is 48.5 Å². The van der Waals surface area contributed by atoms with E-state index in [1.54, 1.807) is 70.1 Å². The van der Waals surface area contributed by atoms with Crippen molar-refractivity contribution in [3.63, 3.8) is 0 Å². The van der Waals surface area contributed by atoms with Crippen molar-refractivity contribution in [3.05, 3.63) is 119 Å². The van der Waals surface area contributed by atoms with E-state index < -0.39 is 62.5 Å². The first-order valence-corrected chi connectivity index (χ1v) is 30.4. The number of nitrogens with one attached hydrogen (secondary N) is 4. The number of anilines is 4. The van der Waals surface area contributed by atoms with Gasteiger partial charge in [-0.1, -0.05) is 24.3 Å². The van der Waals surface area contributed by atoms with E-state index in [0.29, 0.717) is 0 Å². The number of pyridine rings is 4. The first kappa shape index (κ1) is 78.2. The van der Waals surface area contributed by atoms with Crippen molar-refractivity contribution in [2.24, 2.45) is 0 Å². The molecule has 2 radical (unpaired) electrons. The Morgan fingerprint density at radius 2 is 0.488 bits per heavy atom. The van der Waals surface area contributed by atoms with Crippen LogP contribution in [0, 0.1) is 0 Å². The molecule has 8 rings (SSSR count). The molecule has 0 saturated carbocycles. The van der Waals surface area contributed by atoms with Crippen LogP contribution >= 0.6 is 45.3 Å². The Labute approximate surface area is 515 Å². The van der Waals surface area contributed by atoms with Crippen molar-refractivity contribution in [1.29, 1.82) is 0 Å². The minimum Gasteiger partial charge on any atom is -0.741 e. The third-order valence-electron chi connectivity index (χ3n) is 8.21. The largest absolute Gasteiger partial charge is 2.00 e. The summed E-state index contributed by atoms with van der Waals surface area (Å²) in [5.41, 5.74) is -15.5. The first-order valence-electron chi connectivity index (χ1n) is 21.3. The molecule has 0 atom stereocenters. The zero-order chi connectivity index (χ0) is 63.2. The maximum atomic E-state index is 10.7. The van der Waals surface area contributed by atoms with Gasteiger partial charge >= 0.3 is 56.2 Å². The molecule has 0 aliphatic carbocycles. The standard InChI is InChI=1S/2C18H16N6S2.4CHF3O3S.2Cu/c2*1-3-7-19-13(5-1)15-11-25-17(23-15)21-9-10-22-18-24-16(12-26-18)14-6-2-4-8-20-14;4*2-1(3,4)8(5,6)7;;/h2*1-8,11-12H,9-10H2,(H,21,23)(H,22,24);4*(H,5,6,7);;/q;;;;;;2*+2/p-4. The van der Waals surface area contributed by atoms with Crippen molar-refractivity contribution in [3.8, 4) is 45.6 Å². The second-order valence-corrected chi connectivity index (χ2v) is 23.2. The van der Waals surface area contributed by atoms with Gasteiger partial charge in [0.15, 0.2) is 61.0 Å². The van der Waals surface area contributed by atoms with Gasteiger partial charge < -0.3 is 39.5 Å². The minimum absolute atomic E-state index is 0. The van der Waals surface area contributed by atoms with Crippen molar-refractivity contribution >= 4 is 106 Å². The van der Waals surface area contributed by atoms with Gasteiger partial charge in [0.05, 0.1) is 22.8 Å². The molecule has 24 nitrogen and oxygen atoms in total. The van der Waals surface area contributed by atoms with E-state index in [1.807, 2.05) is 94.3 Å². The van der Waals surface area contributed by atoms with E-state index in [0.717, 1.165) is 92.3 Å². The molecular formula is C40H32Cu2F12N12O12S8. The Kier molecular flexibility index (Phi) is 31.5. The van der Waals surface area contributed by atoms with E-state index in [4.69, 9.17) is 51.9 Å². The predicted molar refractivity (Wildman–Crippen MR) is 278 cm³/mol. The van der Waals surface area contributed by atoms with Gasteiger partial charge in [-0.3, -0.25) is 19.9 Å². The molecule has 0 saturated heterocycles. The SMILES string of the molecule is O=S(=O)([O-])C(F)(F)F.O=S(=O)([O-])C(F)(F)F.O=S(=O)([O-])C(F)(F)F.O=S(=O)([O-])C(F)(F)F.[Cu+2].[Cu+2].c1ccc(-c2csc(NCCNc3nc(-c4ccccn4)cs3)n2)nc1.c1ccc(-c2csc(NCCNc3nc(-c4ccccn4)cs3)n2)nc1. The Morgan fingerprint density at radius 1 is 0.326 bits per heavy atom. The number of alkyl halides is 12. The zero-order valence-corrected chi connectivity index (χ0v) is 49.7. The second-order valence-electron chi connectivity index (χ2n) is 14.3. The van der Waals surface area contributed by atoms with Gasteiger partial charge in [0.25, 0.3) is 0 Å². The molecule has 8 aromatic rings. The van der Waals surface area contributed by atoms with Crippen molar-refractivity contribution < 1.29 is 139 Å². The summed E-state index contributed by atoms with van der Waals surface area (Å²) in [4.78, 5) is 35.5. The number of hydrogen-bond acceptors (Lipinski definition) is 28. The fraction of sp³-hybridized carbons (Fsp3) is 0.200. The first-order chi connectivity index (χ1) is 38.8. The molecule has 0 aliphatic rings. The molecule has 0 unspecified atom stereocenters. The molecule has 0 bridgehead atoms. The van der Waals surface area contributed by atoms with Crippen molar-refractivity contribution in [2.45, 2.75) is 22.0 Å². The topological polar surface area (TPSA) is 380 Å². The van der Waals surface area contributed by atoms with E-state index in [-0.39, 0.29) is 34.1 Å². The van der Waals surface area contributed by atoms with Gasteiger partial charge in [-0.15, -0.1) is 45.3 Å². The van der Waals surface area contributed by atoms with E-state index in [2.05, 4.69) is 61.1 Å². The van der Waals surface area contributed by atoms with Crippen molar-refractivity contribution in [2.75, 3.05) is 47.4 Å². The van der Waals surface area contributed by atoms with Crippen LogP contribution in [0.15, 0.2) is 119 Å². The smallest absolute Gasteiger partial charge is 0.741 e. The van der Waals surface area contributed by atoms with Crippen LogP contribution in [0.2, 0.25) is 0 Å². The second kappa shape index (κ2) is 34.6.